The van der Waals surface area contributed by atoms with Gasteiger partial charge in [-0.15, -0.1) is 11.3 Å². The Bertz CT molecular complexity index is 2930. The summed E-state index contributed by atoms with van der Waals surface area (Å²) in [6.45, 7) is 12.0. The van der Waals surface area contributed by atoms with E-state index in [0.717, 1.165) is 27.8 Å². The molecule has 21 heteroatoms. The number of hydrogen-bond donors (Lipinski definition) is 6. The van der Waals surface area contributed by atoms with Gasteiger partial charge in [0.2, 0.25) is 23.3 Å². The molecule has 2 saturated heterocycles. The van der Waals surface area contributed by atoms with Crippen molar-refractivity contribution in [3.8, 4) is 21.6 Å². The van der Waals surface area contributed by atoms with E-state index in [2.05, 4.69) is 36.1 Å². The molecule has 5 atom stereocenters. The summed E-state index contributed by atoms with van der Waals surface area (Å²) in [5.74, 6) is -4.20. The van der Waals surface area contributed by atoms with Crippen LogP contribution in [-0.2, 0) is 27.1 Å². The lowest BCUT2D eigenvalue weighted by atomic mass is 9.85. The van der Waals surface area contributed by atoms with Gasteiger partial charge in [-0.3, -0.25) is 33.7 Å². The lowest BCUT2D eigenvalue weighted by Crippen LogP contribution is -2.57. The van der Waals surface area contributed by atoms with E-state index >= 15 is 4.39 Å². The summed E-state index contributed by atoms with van der Waals surface area (Å²) in [7, 11) is 1.97. The number of thiazole rings is 1. The summed E-state index contributed by atoms with van der Waals surface area (Å²) in [6.07, 6.45) is -5.58. The quantitative estimate of drug-likeness (QED) is 0.0681. The highest BCUT2D eigenvalue weighted by molar-refractivity contribution is 7.13. The van der Waals surface area contributed by atoms with Crippen LogP contribution in [0.1, 0.15) is 85.0 Å². The molecular formula is C52H59F4N9O7S. The summed E-state index contributed by atoms with van der Waals surface area (Å²) in [4.78, 5) is 93.0. The molecule has 0 aliphatic carbocycles. The fourth-order valence-electron chi connectivity index (χ4n) is 9.06. The number of rotatable bonds is 14. The second kappa shape index (κ2) is 22.0. The largest absolute Gasteiger partial charge is 0.417 e. The molecule has 5 amide bonds. The zero-order valence-electron chi connectivity index (χ0n) is 41.4. The number of carbonyl (C=O) groups excluding carboxylic acids is 5. The van der Waals surface area contributed by atoms with E-state index in [1.807, 2.05) is 57.0 Å². The van der Waals surface area contributed by atoms with E-state index in [4.69, 9.17) is 0 Å². The third kappa shape index (κ3) is 12.6. The number of likely N-dealkylation sites (tertiary alicyclic amines) is 1. The first kappa shape index (κ1) is 53.8. The van der Waals surface area contributed by atoms with Crippen LogP contribution in [0.3, 0.4) is 0 Å². The molecule has 16 nitrogen and oxygen atoms in total. The second-order valence-electron chi connectivity index (χ2n) is 19.7. The highest BCUT2D eigenvalue weighted by atomic mass is 32.1. The molecule has 2 aliphatic heterocycles. The van der Waals surface area contributed by atoms with Crippen LogP contribution in [0.15, 0.2) is 83.2 Å². The first-order valence-corrected chi connectivity index (χ1v) is 24.6. The molecular weight excluding hydrogens is 971 g/mol. The molecule has 0 spiro atoms. The summed E-state index contributed by atoms with van der Waals surface area (Å²) in [5, 5.41) is 21.5. The molecule has 1 unspecified atom stereocenters. The zero-order chi connectivity index (χ0) is 53.1. The average molecular weight is 1030 g/mol. The number of hydrogen-bond acceptors (Lipinski definition) is 11. The van der Waals surface area contributed by atoms with E-state index < -0.39 is 81.8 Å². The minimum atomic E-state index is -5.03. The van der Waals surface area contributed by atoms with E-state index in [9.17, 15) is 47.0 Å². The van der Waals surface area contributed by atoms with Gasteiger partial charge in [-0.05, 0) is 80.3 Å². The highest BCUT2D eigenvalue weighted by Gasteiger charge is 2.44. The number of aliphatic hydroxyl groups excluding tert-OH is 1. The smallest absolute Gasteiger partial charge is 0.391 e. The van der Waals surface area contributed by atoms with Crippen molar-refractivity contribution in [2.45, 2.75) is 97.4 Å². The number of H-pyrrole nitrogens is 1. The van der Waals surface area contributed by atoms with Crippen LogP contribution in [0, 0.1) is 18.2 Å². The molecule has 4 heterocycles. The van der Waals surface area contributed by atoms with Crippen LogP contribution in [0.25, 0.3) is 21.6 Å². The van der Waals surface area contributed by atoms with Gasteiger partial charge < -0.3 is 41.2 Å². The molecule has 7 rings (SSSR count). The van der Waals surface area contributed by atoms with Crippen LogP contribution in [0.2, 0.25) is 0 Å². The van der Waals surface area contributed by atoms with Crippen molar-refractivity contribution in [1.82, 2.24) is 35.7 Å². The summed E-state index contributed by atoms with van der Waals surface area (Å²) in [6, 6.07) is 14.1. The summed E-state index contributed by atoms with van der Waals surface area (Å²) < 4.78 is 57.7. The summed E-state index contributed by atoms with van der Waals surface area (Å²) in [5.41, 5.74) is 0.968. The van der Waals surface area contributed by atoms with Crippen LogP contribution in [-0.4, -0.2) is 118 Å². The lowest BCUT2D eigenvalue weighted by Gasteiger charge is -2.44. The Labute approximate surface area is 423 Å². The van der Waals surface area contributed by atoms with Crippen molar-refractivity contribution < 1.29 is 46.6 Å². The molecule has 388 valence electrons. The van der Waals surface area contributed by atoms with Gasteiger partial charge in [-0.2, -0.15) is 13.2 Å². The van der Waals surface area contributed by atoms with Gasteiger partial charge in [0.05, 0.1) is 44.7 Å². The number of likely N-dealkylation sites (N-methyl/N-ethyl adjacent to an activating group) is 1. The van der Waals surface area contributed by atoms with Crippen LogP contribution >= 0.6 is 11.3 Å². The SMILES string of the molecule is Cc1ncsc1-c1ccc(CNC(=O)[C@@H]2C[C@@H](O)CN2C(=O)C(NC(=O)CCNC(=O)c2ccc(F)c(-c3ccc(N4C[C@@H](C)N(C)[C@@H](C)C4)c(NC(=O)c4c[nH]c(=O)cc4C(F)(F)F)c3)c2)C(C)(C)C)cc1. The second-order valence-corrected chi connectivity index (χ2v) is 20.6. The third-order valence-electron chi connectivity index (χ3n) is 13.3. The number of benzene rings is 3. The molecule has 2 fully saturated rings. The molecule has 3 aromatic carbocycles. The standard InChI is InChI=1S/C52H59F4N9O7S/c1-28-24-64(25-29(2)63(28)7)41-15-13-33(19-40(41)61-48(70)37-23-58-44(68)21-38(37)52(54,55)56)36-18-34(12-14-39(36)53)47(69)57-17-16-43(67)62-46(51(4,5)6)50(72)65-26-35(66)20-42(65)49(71)59-22-31-8-10-32(11-9-31)45-30(3)60-27-73-45/h8-15,18-19,21,23,27-29,35,42,46,66H,16-17,20,22,24-26H2,1-7H3,(H,57,69)(H,58,68)(H,59,71)(H,61,70)(H,62,67)/t28-,29+,35-,42+,46?/m1/s1. The average Bonchev–Trinajstić information content (AvgIpc) is 3.95. The van der Waals surface area contributed by atoms with Gasteiger partial charge in [-0.1, -0.05) is 51.1 Å². The van der Waals surface area contributed by atoms with Crippen LogP contribution in [0.5, 0.6) is 0 Å². The number of nitrogens with one attached hydrogen (secondary N) is 5. The van der Waals surface area contributed by atoms with Crippen LogP contribution in [0.4, 0.5) is 28.9 Å². The normalized spacial score (nSPS) is 18.8. The Morgan fingerprint density at radius 3 is 2.23 bits per heavy atom. The number of piperazine rings is 1. The van der Waals surface area contributed by atoms with Gasteiger partial charge in [0, 0.05) is 81.0 Å². The predicted molar refractivity (Wildman–Crippen MR) is 269 cm³/mol. The minimum Gasteiger partial charge on any atom is -0.391 e. The monoisotopic (exact) mass is 1030 g/mol. The molecule has 73 heavy (non-hydrogen) atoms. The number of aliphatic hydroxyl groups is 1. The van der Waals surface area contributed by atoms with Gasteiger partial charge in [0.15, 0.2) is 0 Å². The number of alkyl halides is 3. The number of amides is 5. The topological polar surface area (TPSA) is 209 Å². The number of carbonyl (C=O) groups is 5. The number of anilines is 2. The summed E-state index contributed by atoms with van der Waals surface area (Å²) >= 11 is 1.53. The number of pyridine rings is 1. The molecule has 2 aromatic heterocycles. The van der Waals surface area contributed by atoms with Gasteiger partial charge in [-0.25, -0.2) is 9.37 Å². The number of β-amino-alcohol motifs (C(OH)–C–C–N with tert-alkyl or cyclic N) is 1. The Balaban J connectivity index is 1.01. The van der Waals surface area contributed by atoms with Crippen molar-refractivity contribution in [3.63, 3.8) is 0 Å². The molecule has 2 aliphatic rings. The number of halogens is 4. The Hall–Kier alpha value is -6.97. The minimum absolute atomic E-state index is 0.000991. The zero-order valence-corrected chi connectivity index (χ0v) is 42.3. The van der Waals surface area contributed by atoms with E-state index in [1.165, 1.54) is 34.4 Å². The van der Waals surface area contributed by atoms with Gasteiger partial charge in [0.25, 0.3) is 11.8 Å². The van der Waals surface area contributed by atoms with E-state index in [-0.39, 0.29) is 66.9 Å². The molecule has 5 aromatic rings. The number of aromatic amines is 1. The fraction of sp³-hybridized carbons (Fsp3) is 0.404. The first-order valence-electron chi connectivity index (χ1n) is 23.7. The third-order valence-corrected chi connectivity index (χ3v) is 14.3. The van der Waals surface area contributed by atoms with Crippen molar-refractivity contribution >= 4 is 52.2 Å². The van der Waals surface area contributed by atoms with Crippen molar-refractivity contribution in [1.29, 1.82) is 0 Å². The molecule has 0 bridgehead atoms. The van der Waals surface area contributed by atoms with Crippen LogP contribution < -0.4 is 31.7 Å². The number of aromatic nitrogens is 2. The fourth-order valence-corrected chi connectivity index (χ4v) is 9.87. The maximum atomic E-state index is 15.7. The van der Waals surface area contributed by atoms with Crippen molar-refractivity contribution in [3.05, 3.63) is 123 Å². The lowest BCUT2D eigenvalue weighted by molar-refractivity contribution is -0.144. The maximum absolute atomic E-state index is 15.7. The van der Waals surface area contributed by atoms with E-state index in [0.29, 0.717) is 31.0 Å². The molecule has 0 saturated carbocycles. The molecule has 6 N–H and O–H groups in total. The van der Waals surface area contributed by atoms with E-state index in [1.54, 1.807) is 38.4 Å². The number of aryl methyl sites for hydroxylation is 1. The molecule has 0 radical (unpaired) electrons. The maximum Gasteiger partial charge on any atom is 0.417 e. The van der Waals surface area contributed by atoms with Gasteiger partial charge >= 0.3 is 6.18 Å². The van der Waals surface area contributed by atoms with Crippen molar-refractivity contribution in [2.75, 3.05) is 43.4 Å². The Kier molecular flexibility index (Phi) is 16.2. The number of nitrogens with zero attached hydrogens (tertiary/aromatic N) is 4. The Morgan fingerprint density at radius 2 is 1.59 bits per heavy atom. The predicted octanol–water partition coefficient (Wildman–Crippen LogP) is 6.34. The Morgan fingerprint density at radius 1 is 0.904 bits per heavy atom. The highest BCUT2D eigenvalue weighted by Crippen LogP contribution is 2.37. The van der Waals surface area contributed by atoms with Crippen molar-refractivity contribution in [2.24, 2.45) is 5.41 Å². The van der Waals surface area contributed by atoms with Gasteiger partial charge in [0.1, 0.15) is 17.9 Å². The first-order chi connectivity index (χ1) is 34.4.